The molecule has 1 atom stereocenters. The Labute approximate surface area is 178 Å². The third-order valence-electron chi connectivity index (χ3n) is 4.87. The van der Waals surface area contributed by atoms with Crippen LogP contribution in [0.4, 0.5) is 0 Å². The van der Waals surface area contributed by atoms with Crippen molar-refractivity contribution in [2.45, 2.75) is 12.8 Å². The maximum absolute atomic E-state index is 9.80. The first-order valence-corrected chi connectivity index (χ1v) is 9.67. The molecule has 0 fully saturated rings. The molecule has 0 saturated heterocycles. The third kappa shape index (κ3) is 3.31. The number of halogens is 1. The van der Waals surface area contributed by atoms with Crippen molar-refractivity contribution in [3.05, 3.63) is 70.1 Å². The summed E-state index contributed by atoms with van der Waals surface area (Å²) in [5, 5.41) is 17.7. The predicted molar refractivity (Wildman–Crippen MR) is 112 cm³/mol. The summed E-state index contributed by atoms with van der Waals surface area (Å²) in [6.07, 6.45) is 0. The molecule has 152 valence electrons. The minimum absolute atomic E-state index is 0.0253. The summed E-state index contributed by atoms with van der Waals surface area (Å²) in [7, 11) is 1.58. The van der Waals surface area contributed by atoms with Crippen LogP contribution in [0.5, 0.6) is 17.4 Å². The van der Waals surface area contributed by atoms with Gasteiger partial charge in [0, 0.05) is 10.6 Å². The smallest absolute Gasteiger partial charge is 0.244 e. The molecular weight excluding hydrogens is 404 g/mol. The SMILES string of the molecule is CCOc1ccc(-c2[nH]nc3c2[C@H](c2cccc(Cl)c2)C(C#N)=C(N)O3)cc1OC. The van der Waals surface area contributed by atoms with E-state index in [2.05, 4.69) is 16.3 Å². The lowest BCUT2D eigenvalue weighted by atomic mass is 9.83. The van der Waals surface area contributed by atoms with Gasteiger partial charge in [-0.3, -0.25) is 5.10 Å². The Morgan fingerprint density at radius 2 is 2.10 bits per heavy atom. The zero-order valence-electron chi connectivity index (χ0n) is 16.4. The van der Waals surface area contributed by atoms with Gasteiger partial charge in [-0.15, -0.1) is 5.10 Å². The van der Waals surface area contributed by atoms with Crippen LogP contribution in [0.15, 0.2) is 53.9 Å². The largest absolute Gasteiger partial charge is 0.493 e. The Morgan fingerprint density at radius 3 is 2.80 bits per heavy atom. The molecule has 0 unspecified atom stereocenters. The van der Waals surface area contributed by atoms with Crippen molar-refractivity contribution in [1.82, 2.24) is 10.2 Å². The molecule has 0 saturated carbocycles. The summed E-state index contributed by atoms with van der Waals surface area (Å²) in [6.45, 7) is 2.43. The molecular formula is C22H19ClN4O3. The van der Waals surface area contributed by atoms with Crippen LogP contribution >= 0.6 is 11.6 Å². The maximum atomic E-state index is 9.80. The number of allylic oxidation sites excluding steroid dienone is 1. The second-order valence-corrected chi connectivity index (χ2v) is 7.03. The number of H-pyrrole nitrogens is 1. The molecule has 0 aliphatic carbocycles. The molecule has 0 amide bonds. The van der Waals surface area contributed by atoms with Gasteiger partial charge in [0.15, 0.2) is 11.5 Å². The highest BCUT2D eigenvalue weighted by molar-refractivity contribution is 6.30. The van der Waals surface area contributed by atoms with Crippen LogP contribution < -0.4 is 19.9 Å². The molecule has 1 aliphatic rings. The molecule has 0 radical (unpaired) electrons. The van der Waals surface area contributed by atoms with Crippen molar-refractivity contribution >= 4 is 11.6 Å². The minimum atomic E-state index is -0.483. The second kappa shape index (κ2) is 8.01. The van der Waals surface area contributed by atoms with E-state index in [1.165, 1.54) is 0 Å². The van der Waals surface area contributed by atoms with Crippen LogP contribution in [0.3, 0.4) is 0 Å². The first-order valence-electron chi connectivity index (χ1n) is 9.29. The summed E-state index contributed by atoms with van der Waals surface area (Å²) < 4.78 is 16.7. The number of nitriles is 1. The Morgan fingerprint density at radius 1 is 1.27 bits per heavy atom. The fourth-order valence-electron chi connectivity index (χ4n) is 3.58. The number of aromatic amines is 1. The van der Waals surface area contributed by atoms with Crippen molar-refractivity contribution in [3.63, 3.8) is 0 Å². The van der Waals surface area contributed by atoms with E-state index in [1.807, 2.05) is 43.3 Å². The summed E-state index contributed by atoms with van der Waals surface area (Å²) in [6, 6.07) is 15.1. The van der Waals surface area contributed by atoms with Gasteiger partial charge in [-0.05, 0) is 42.8 Å². The van der Waals surface area contributed by atoms with Crippen LogP contribution in [-0.4, -0.2) is 23.9 Å². The van der Waals surface area contributed by atoms with E-state index in [0.717, 1.165) is 11.1 Å². The molecule has 2 aromatic carbocycles. The van der Waals surface area contributed by atoms with Gasteiger partial charge < -0.3 is 19.9 Å². The lowest BCUT2D eigenvalue weighted by Crippen LogP contribution is -2.21. The number of fused-ring (bicyclic) bond motifs is 1. The number of benzene rings is 2. The summed E-state index contributed by atoms with van der Waals surface area (Å²) in [5.41, 5.74) is 9.33. The molecule has 0 spiro atoms. The van der Waals surface area contributed by atoms with Gasteiger partial charge in [-0.2, -0.15) is 5.26 Å². The molecule has 3 N–H and O–H groups in total. The van der Waals surface area contributed by atoms with Crippen molar-refractivity contribution in [3.8, 4) is 34.7 Å². The molecule has 30 heavy (non-hydrogen) atoms. The Bertz CT molecular complexity index is 1180. The van der Waals surface area contributed by atoms with Gasteiger partial charge >= 0.3 is 0 Å². The number of aromatic nitrogens is 2. The first-order chi connectivity index (χ1) is 14.6. The number of rotatable bonds is 5. The predicted octanol–water partition coefficient (Wildman–Crippen LogP) is 4.36. The van der Waals surface area contributed by atoms with E-state index >= 15 is 0 Å². The standard InChI is InChI=1S/C22H19ClN4O3/c1-3-29-16-8-7-13(10-17(16)28-2)20-19-18(12-5-4-6-14(23)9-12)15(11-24)21(25)30-22(19)27-26-20/h4-10,18H,3,25H2,1-2H3,(H,26,27)/t18-/m1/s1. The van der Waals surface area contributed by atoms with Gasteiger partial charge in [0.25, 0.3) is 0 Å². The number of ether oxygens (including phenoxy) is 3. The topological polar surface area (TPSA) is 106 Å². The number of hydrogen-bond acceptors (Lipinski definition) is 6. The van der Waals surface area contributed by atoms with Crippen molar-refractivity contribution in [2.75, 3.05) is 13.7 Å². The zero-order valence-corrected chi connectivity index (χ0v) is 17.2. The highest BCUT2D eigenvalue weighted by Crippen LogP contribution is 2.46. The minimum Gasteiger partial charge on any atom is -0.493 e. The van der Waals surface area contributed by atoms with E-state index in [-0.39, 0.29) is 5.88 Å². The molecule has 7 nitrogen and oxygen atoms in total. The maximum Gasteiger partial charge on any atom is 0.244 e. The van der Waals surface area contributed by atoms with Crippen molar-refractivity contribution in [1.29, 1.82) is 5.26 Å². The second-order valence-electron chi connectivity index (χ2n) is 6.60. The van der Waals surface area contributed by atoms with E-state index < -0.39 is 5.92 Å². The number of hydrogen-bond donors (Lipinski definition) is 2. The van der Waals surface area contributed by atoms with Crippen LogP contribution in [0.1, 0.15) is 24.0 Å². The summed E-state index contributed by atoms with van der Waals surface area (Å²) >= 11 is 6.22. The summed E-state index contributed by atoms with van der Waals surface area (Å²) in [5.74, 6) is 1.09. The van der Waals surface area contributed by atoms with Crippen LogP contribution in [0.2, 0.25) is 5.02 Å². The average molecular weight is 423 g/mol. The molecule has 0 bridgehead atoms. The number of nitrogens with one attached hydrogen (secondary N) is 1. The van der Waals surface area contributed by atoms with E-state index in [4.69, 9.17) is 31.5 Å². The molecule has 1 aliphatic heterocycles. The monoisotopic (exact) mass is 422 g/mol. The highest BCUT2D eigenvalue weighted by atomic mass is 35.5. The Hall–Kier alpha value is -3.63. The van der Waals surface area contributed by atoms with Gasteiger partial charge in [-0.25, -0.2) is 0 Å². The average Bonchev–Trinajstić information content (AvgIpc) is 3.16. The quantitative estimate of drug-likeness (QED) is 0.632. The molecule has 8 heteroatoms. The van der Waals surface area contributed by atoms with Crippen molar-refractivity contribution in [2.24, 2.45) is 5.73 Å². The third-order valence-corrected chi connectivity index (χ3v) is 5.11. The normalized spacial score (nSPS) is 15.2. The zero-order chi connectivity index (χ0) is 21.3. The van der Waals surface area contributed by atoms with Crippen LogP contribution in [-0.2, 0) is 0 Å². The summed E-state index contributed by atoms with van der Waals surface area (Å²) in [4.78, 5) is 0. The van der Waals surface area contributed by atoms with Crippen molar-refractivity contribution < 1.29 is 14.2 Å². The lowest BCUT2D eigenvalue weighted by molar-refractivity contribution is 0.311. The number of methoxy groups -OCH3 is 1. The van der Waals surface area contributed by atoms with Gasteiger partial charge in [-0.1, -0.05) is 23.7 Å². The first kappa shape index (κ1) is 19.7. The molecule has 2 heterocycles. The van der Waals surface area contributed by atoms with E-state index in [1.54, 1.807) is 13.2 Å². The molecule has 3 aromatic rings. The fraction of sp³-hybridized carbons (Fsp3) is 0.182. The fourth-order valence-corrected chi connectivity index (χ4v) is 3.78. The Balaban J connectivity index is 1.90. The molecule has 1 aromatic heterocycles. The number of nitrogens with two attached hydrogens (primary N) is 1. The van der Waals surface area contributed by atoms with E-state index in [0.29, 0.717) is 45.8 Å². The Kier molecular flexibility index (Phi) is 5.25. The number of nitrogens with zero attached hydrogens (tertiary/aromatic N) is 2. The van der Waals surface area contributed by atoms with Crippen LogP contribution in [0, 0.1) is 11.3 Å². The highest BCUT2D eigenvalue weighted by Gasteiger charge is 2.35. The van der Waals surface area contributed by atoms with E-state index in [9.17, 15) is 5.26 Å². The lowest BCUT2D eigenvalue weighted by Gasteiger charge is -2.24. The molecule has 4 rings (SSSR count). The van der Waals surface area contributed by atoms with Gasteiger partial charge in [0.1, 0.15) is 11.6 Å². The van der Waals surface area contributed by atoms with Gasteiger partial charge in [0.2, 0.25) is 11.8 Å². The van der Waals surface area contributed by atoms with Gasteiger partial charge in [0.05, 0.1) is 30.9 Å². The van der Waals surface area contributed by atoms with Crippen LogP contribution in [0.25, 0.3) is 11.3 Å².